The van der Waals surface area contributed by atoms with Gasteiger partial charge in [0.1, 0.15) is 0 Å². The molecule has 2 aromatic rings. The Morgan fingerprint density at radius 2 is 1.56 bits per heavy atom. The molecule has 1 aromatic heterocycles. The Morgan fingerprint density at radius 1 is 1.00 bits per heavy atom. The average Bonchev–Trinajstić information content (AvgIpc) is 2.81. The molecule has 0 bridgehead atoms. The number of aromatic nitrogens is 1. The third kappa shape index (κ3) is 4.22. The number of alkyl halides is 7. The van der Waals surface area contributed by atoms with Crippen LogP contribution in [-0.2, 0) is 0 Å². The Kier molecular flexibility index (Phi) is 5.83. The lowest BCUT2D eigenvalue weighted by molar-refractivity contribution is -0.361. The van der Waals surface area contributed by atoms with Crippen LogP contribution in [0.1, 0.15) is 17.0 Å². The van der Waals surface area contributed by atoms with E-state index in [1.54, 1.807) is 24.5 Å². The maximum atomic E-state index is 13.2. The molecule has 1 N–H and O–H groups in total. The Morgan fingerprint density at radius 3 is 2.07 bits per heavy atom. The Hall–Kier alpha value is -1.79. The molecule has 0 aliphatic rings. The number of nitrogens with one attached hydrogen (secondary N) is 1. The molecule has 0 aliphatic heterocycles. The van der Waals surface area contributed by atoms with Gasteiger partial charge in [0.05, 0.1) is 6.21 Å². The van der Waals surface area contributed by atoms with Crippen LogP contribution in [0.3, 0.4) is 0 Å². The summed E-state index contributed by atoms with van der Waals surface area (Å²) in [6, 6.07) is 3.29. The van der Waals surface area contributed by atoms with E-state index in [2.05, 4.69) is 27.7 Å². The zero-order valence-electron chi connectivity index (χ0n) is 13.9. The molecule has 11 heteroatoms. The summed E-state index contributed by atoms with van der Waals surface area (Å²) in [4.78, 5) is 0. The third-order valence-electron chi connectivity index (χ3n) is 3.71. The van der Waals surface area contributed by atoms with Crippen molar-refractivity contribution in [2.24, 2.45) is 5.10 Å². The van der Waals surface area contributed by atoms with Crippen molar-refractivity contribution in [3.63, 3.8) is 0 Å². The molecule has 0 amide bonds. The summed E-state index contributed by atoms with van der Waals surface area (Å²) < 4.78 is 91.0. The van der Waals surface area contributed by atoms with E-state index in [4.69, 9.17) is 0 Å². The molecule has 3 nitrogen and oxygen atoms in total. The van der Waals surface area contributed by atoms with Gasteiger partial charge in [0.25, 0.3) is 0 Å². The minimum Gasteiger partial charge on any atom is -0.318 e. The largest absolute Gasteiger partial charge is 0.462 e. The molecule has 0 aliphatic carbocycles. The minimum absolute atomic E-state index is 0.282. The van der Waals surface area contributed by atoms with E-state index >= 15 is 0 Å². The van der Waals surface area contributed by atoms with Crippen molar-refractivity contribution in [1.29, 1.82) is 0 Å². The summed E-state index contributed by atoms with van der Waals surface area (Å²) >= 11 is 2.12. The molecule has 0 fully saturated rings. The predicted octanol–water partition coefficient (Wildman–Crippen LogP) is 5.41. The number of nitrogens with zero attached hydrogens (tertiary/aromatic N) is 2. The van der Waals surface area contributed by atoms with Crippen LogP contribution in [0.4, 0.5) is 30.7 Å². The number of hydrogen-bond donors (Lipinski definition) is 1. The number of halogens is 8. The van der Waals surface area contributed by atoms with Crippen LogP contribution in [0.5, 0.6) is 0 Å². The van der Waals surface area contributed by atoms with Crippen molar-refractivity contribution in [2.75, 3.05) is 0 Å². The molecule has 1 aromatic carbocycles. The maximum Gasteiger partial charge on any atom is 0.462 e. The molecular weight excluding hydrogens is 494 g/mol. The van der Waals surface area contributed by atoms with Crippen LogP contribution in [-0.4, -0.2) is 28.9 Å². The predicted molar refractivity (Wildman–Crippen MR) is 94.6 cm³/mol. The highest BCUT2D eigenvalue weighted by atomic mass is 127. The van der Waals surface area contributed by atoms with Gasteiger partial charge in [-0.25, -0.2) is 5.43 Å². The van der Waals surface area contributed by atoms with E-state index in [1.807, 2.05) is 24.3 Å². The molecule has 0 saturated carbocycles. The van der Waals surface area contributed by atoms with Crippen molar-refractivity contribution in [3.8, 4) is 5.69 Å². The van der Waals surface area contributed by atoms with Crippen molar-refractivity contribution in [1.82, 2.24) is 9.99 Å². The van der Waals surface area contributed by atoms with Gasteiger partial charge in [0.15, 0.2) is 0 Å². The smallest absolute Gasteiger partial charge is 0.318 e. The van der Waals surface area contributed by atoms with Crippen LogP contribution < -0.4 is 5.43 Å². The first kappa shape index (κ1) is 21.5. The second-order valence-electron chi connectivity index (χ2n) is 5.65. The van der Waals surface area contributed by atoms with Crippen LogP contribution in [0, 0.1) is 17.4 Å². The summed E-state index contributed by atoms with van der Waals surface area (Å²) in [6.45, 7) is 3.36. The summed E-state index contributed by atoms with van der Waals surface area (Å²) in [5, 5.41) is 2.90. The topological polar surface area (TPSA) is 29.3 Å². The van der Waals surface area contributed by atoms with Gasteiger partial charge in [-0.3, -0.25) is 0 Å². The summed E-state index contributed by atoms with van der Waals surface area (Å²) in [7, 11) is 0. The Labute approximate surface area is 163 Å². The van der Waals surface area contributed by atoms with E-state index in [9.17, 15) is 30.7 Å². The highest BCUT2D eigenvalue weighted by Crippen LogP contribution is 2.45. The fourth-order valence-corrected chi connectivity index (χ4v) is 2.70. The lowest BCUT2D eigenvalue weighted by atomic mass is 10.2. The molecule has 1 heterocycles. The van der Waals surface area contributed by atoms with E-state index in [1.165, 1.54) is 0 Å². The minimum atomic E-state index is -6.42. The second kappa shape index (κ2) is 7.32. The summed E-state index contributed by atoms with van der Waals surface area (Å²) in [5.74, 6) is -6.27. The molecule has 0 saturated heterocycles. The molecule has 148 valence electrons. The lowest BCUT2D eigenvalue weighted by Crippen LogP contribution is -2.58. The SMILES string of the molecule is Cc1cc(/C=N\NC(F)(F)C(F)(F)C(F)(F)F)c(C)n1-c1ccc(I)cc1. The third-order valence-corrected chi connectivity index (χ3v) is 4.43. The number of aryl methyl sites for hydroxylation is 1. The van der Waals surface area contributed by atoms with Gasteiger partial charge in [-0.1, -0.05) is 0 Å². The van der Waals surface area contributed by atoms with E-state index < -0.39 is 18.1 Å². The van der Waals surface area contributed by atoms with Gasteiger partial charge >= 0.3 is 18.1 Å². The van der Waals surface area contributed by atoms with Gasteiger partial charge in [-0.15, -0.1) is 0 Å². The van der Waals surface area contributed by atoms with Crippen LogP contribution in [0.25, 0.3) is 5.69 Å². The highest BCUT2D eigenvalue weighted by molar-refractivity contribution is 14.1. The van der Waals surface area contributed by atoms with Crippen LogP contribution in [0.2, 0.25) is 0 Å². The Bertz CT molecular complexity index is 839. The van der Waals surface area contributed by atoms with E-state index in [0.29, 0.717) is 16.8 Å². The van der Waals surface area contributed by atoms with Crippen LogP contribution in [0.15, 0.2) is 35.4 Å². The zero-order chi connectivity index (χ0) is 20.6. The quantitative estimate of drug-likeness (QED) is 0.190. The fourth-order valence-electron chi connectivity index (χ4n) is 2.34. The average molecular weight is 507 g/mol. The molecule has 0 radical (unpaired) electrons. The van der Waals surface area contributed by atoms with Gasteiger partial charge in [0.2, 0.25) is 0 Å². The zero-order valence-corrected chi connectivity index (χ0v) is 16.0. The van der Waals surface area contributed by atoms with Crippen molar-refractivity contribution >= 4 is 28.8 Å². The highest BCUT2D eigenvalue weighted by Gasteiger charge is 2.73. The van der Waals surface area contributed by atoms with Crippen LogP contribution >= 0.6 is 22.6 Å². The normalized spacial score (nSPS) is 13.4. The van der Waals surface area contributed by atoms with Crippen molar-refractivity contribution in [3.05, 3.63) is 50.9 Å². The van der Waals surface area contributed by atoms with Gasteiger partial charge in [-0.2, -0.15) is 35.8 Å². The molecule has 0 spiro atoms. The molecule has 0 unspecified atom stereocenters. The van der Waals surface area contributed by atoms with E-state index in [-0.39, 0.29) is 5.56 Å². The van der Waals surface area contributed by atoms with Crippen molar-refractivity contribution in [2.45, 2.75) is 32.0 Å². The second-order valence-corrected chi connectivity index (χ2v) is 6.90. The number of hydrogen-bond acceptors (Lipinski definition) is 2. The fraction of sp³-hybridized carbons (Fsp3) is 0.312. The maximum absolute atomic E-state index is 13.2. The molecule has 0 atom stereocenters. The number of benzene rings is 1. The summed E-state index contributed by atoms with van der Waals surface area (Å²) in [5.41, 5.74) is 2.91. The standard InChI is InChI=1S/C16H13F7IN3/c1-9-7-11(10(2)27(9)13-5-3-12(24)4-6-13)8-25-26-16(22,23)14(17,18)15(19,20)21/h3-8,26H,1-2H3/b25-8-. The van der Waals surface area contributed by atoms with Gasteiger partial charge in [0, 0.05) is 26.2 Å². The first-order chi connectivity index (χ1) is 12.3. The summed E-state index contributed by atoms with van der Waals surface area (Å²) in [6.07, 6.45) is -5.65. The monoisotopic (exact) mass is 507 g/mol. The first-order valence-electron chi connectivity index (χ1n) is 7.35. The molecular formula is C16H13F7IN3. The lowest BCUT2D eigenvalue weighted by Gasteiger charge is -2.27. The number of hydrazone groups is 1. The molecule has 27 heavy (non-hydrogen) atoms. The van der Waals surface area contributed by atoms with Gasteiger partial charge < -0.3 is 4.57 Å². The first-order valence-corrected chi connectivity index (χ1v) is 8.43. The Balaban J connectivity index is 2.26. The van der Waals surface area contributed by atoms with E-state index in [0.717, 1.165) is 15.5 Å². The van der Waals surface area contributed by atoms with Gasteiger partial charge in [-0.05, 0) is 66.8 Å². The number of rotatable bonds is 5. The molecule has 2 rings (SSSR count). The van der Waals surface area contributed by atoms with Crippen molar-refractivity contribution < 1.29 is 30.7 Å².